The molecule has 0 bridgehead atoms. The molecule has 5 nitrogen and oxygen atoms in total. The van der Waals surface area contributed by atoms with Crippen LogP contribution in [0.4, 0.5) is 18.0 Å². The number of amides is 2. The lowest BCUT2D eigenvalue weighted by Gasteiger charge is -2.27. The molecule has 0 aromatic heterocycles. The number of carbonyl (C=O) groups is 2. The molecule has 1 rings (SSSR count). The van der Waals surface area contributed by atoms with E-state index in [4.69, 9.17) is 0 Å². The molecule has 0 saturated heterocycles. The lowest BCUT2D eigenvalue weighted by atomic mass is 9.86. The van der Waals surface area contributed by atoms with Crippen LogP contribution >= 0.6 is 0 Å². The highest BCUT2D eigenvalue weighted by Gasteiger charge is 2.30. The Labute approximate surface area is 108 Å². The highest BCUT2D eigenvalue weighted by Crippen LogP contribution is 2.25. The van der Waals surface area contributed by atoms with Gasteiger partial charge >= 0.3 is 18.2 Å². The first kappa shape index (κ1) is 15.6. The first-order valence-electron chi connectivity index (χ1n) is 6.01. The third-order valence-corrected chi connectivity index (χ3v) is 3.05. The monoisotopic (exact) mass is 282 g/mol. The summed E-state index contributed by atoms with van der Waals surface area (Å²) in [7, 11) is 1.32. The van der Waals surface area contributed by atoms with Gasteiger partial charge in [-0.25, -0.2) is 4.79 Å². The zero-order chi connectivity index (χ0) is 14.5. The van der Waals surface area contributed by atoms with Gasteiger partial charge in [0.2, 0.25) is 0 Å². The van der Waals surface area contributed by atoms with Crippen LogP contribution in [0.3, 0.4) is 0 Å². The largest absolute Gasteiger partial charge is 0.469 e. The fourth-order valence-electron chi connectivity index (χ4n) is 2.06. The number of hydrogen-bond acceptors (Lipinski definition) is 3. The average Bonchev–Trinajstić information content (AvgIpc) is 2.35. The Morgan fingerprint density at radius 3 is 2.26 bits per heavy atom. The maximum absolute atomic E-state index is 11.9. The van der Waals surface area contributed by atoms with Gasteiger partial charge in [-0.05, 0) is 25.7 Å². The maximum Gasteiger partial charge on any atom is 0.405 e. The molecule has 0 atom stereocenters. The van der Waals surface area contributed by atoms with Crippen molar-refractivity contribution in [1.29, 1.82) is 0 Å². The van der Waals surface area contributed by atoms with E-state index < -0.39 is 18.8 Å². The van der Waals surface area contributed by atoms with E-state index in [0.29, 0.717) is 25.7 Å². The first-order valence-corrected chi connectivity index (χ1v) is 6.01. The number of urea groups is 1. The van der Waals surface area contributed by atoms with Crippen molar-refractivity contribution in [1.82, 2.24) is 10.6 Å². The lowest BCUT2D eigenvalue weighted by Crippen LogP contribution is -2.46. The van der Waals surface area contributed by atoms with Crippen molar-refractivity contribution in [3.05, 3.63) is 0 Å². The summed E-state index contributed by atoms with van der Waals surface area (Å²) < 4.78 is 40.3. The molecule has 2 amide bonds. The van der Waals surface area contributed by atoms with Crippen molar-refractivity contribution in [2.75, 3.05) is 13.7 Å². The third kappa shape index (κ3) is 5.80. The Balaban J connectivity index is 2.25. The van der Waals surface area contributed by atoms with Gasteiger partial charge in [0.25, 0.3) is 0 Å². The fraction of sp³-hybridized carbons (Fsp3) is 0.818. The molecular weight excluding hydrogens is 265 g/mol. The number of alkyl halides is 3. The molecule has 0 spiro atoms. The number of methoxy groups -OCH3 is 1. The van der Waals surface area contributed by atoms with E-state index in [0.717, 1.165) is 0 Å². The van der Waals surface area contributed by atoms with Gasteiger partial charge in [-0.1, -0.05) is 0 Å². The van der Waals surface area contributed by atoms with Crippen LogP contribution in [0.15, 0.2) is 0 Å². The number of hydrogen-bond donors (Lipinski definition) is 2. The Morgan fingerprint density at radius 1 is 1.21 bits per heavy atom. The zero-order valence-corrected chi connectivity index (χ0v) is 10.5. The summed E-state index contributed by atoms with van der Waals surface area (Å²) in [6, 6.07) is -1.03. The van der Waals surface area contributed by atoms with Gasteiger partial charge in [0.15, 0.2) is 0 Å². The quantitative estimate of drug-likeness (QED) is 0.772. The van der Waals surface area contributed by atoms with Crippen LogP contribution in [-0.2, 0) is 9.53 Å². The summed E-state index contributed by atoms with van der Waals surface area (Å²) in [6.45, 7) is -1.35. The molecule has 0 aliphatic heterocycles. The number of carbonyl (C=O) groups excluding carboxylic acids is 2. The summed E-state index contributed by atoms with van der Waals surface area (Å²) in [5, 5.41) is 4.22. The van der Waals surface area contributed by atoms with Crippen LogP contribution in [0.25, 0.3) is 0 Å². The fourth-order valence-corrected chi connectivity index (χ4v) is 2.06. The van der Waals surface area contributed by atoms with Crippen LogP contribution in [0.2, 0.25) is 0 Å². The number of rotatable bonds is 3. The van der Waals surface area contributed by atoms with Crippen molar-refractivity contribution in [3.8, 4) is 0 Å². The molecule has 0 heterocycles. The first-order chi connectivity index (χ1) is 8.81. The molecule has 2 N–H and O–H groups in total. The van der Waals surface area contributed by atoms with Gasteiger partial charge < -0.3 is 15.4 Å². The predicted octanol–water partition coefficient (Wildman–Crippen LogP) is 1.58. The van der Waals surface area contributed by atoms with Gasteiger partial charge in [0.1, 0.15) is 6.54 Å². The minimum Gasteiger partial charge on any atom is -0.469 e. The van der Waals surface area contributed by atoms with Crippen LogP contribution in [0.1, 0.15) is 25.7 Å². The number of esters is 1. The molecule has 1 aliphatic carbocycles. The normalized spacial score (nSPS) is 23.6. The topological polar surface area (TPSA) is 67.4 Å². The van der Waals surface area contributed by atoms with Crippen LogP contribution in [0, 0.1) is 5.92 Å². The molecule has 1 aliphatic rings. The Bertz CT molecular complexity index is 326. The van der Waals surface area contributed by atoms with Crippen molar-refractivity contribution in [3.63, 3.8) is 0 Å². The number of nitrogens with one attached hydrogen (secondary N) is 2. The van der Waals surface area contributed by atoms with Gasteiger partial charge in [0, 0.05) is 6.04 Å². The Morgan fingerprint density at radius 2 is 1.79 bits per heavy atom. The van der Waals surface area contributed by atoms with E-state index in [1.807, 2.05) is 0 Å². The molecule has 8 heteroatoms. The summed E-state index contributed by atoms with van der Waals surface area (Å²) in [5.41, 5.74) is 0. The second kappa shape index (κ2) is 6.63. The Hall–Kier alpha value is -1.47. The second-order valence-corrected chi connectivity index (χ2v) is 4.51. The molecule has 0 radical (unpaired) electrons. The summed E-state index contributed by atoms with van der Waals surface area (Å²) in [6.07, 6.45) is -2.17. The van der Waals surface area contributed by atoms with Gasteiger partial charge in [0.05, 0.1) is 13.0 Å². The third-order valence-electron chi connectivity index (χ3n) is 3.05. The van der Waals surface area contributed by atoms with E-state index in [2.05, 4.69) is 10.1 Å². The SMILES string of the molecule is COC(=O)C1CCC(NC(=O)NCC(F)(F)F)CC1. The van der Waals surface area contributed by atoms with E-state index in [1.54, 1.807) is 5.32 Å². The van der Waals surface area contributed by atoms with E-state index in [9.17, 15) is 22.8 Å². The van der Waals surface area contributed by atoms with Gasteiger partial charge in [-0.2, -0.15) is 13.2 Å². The molecule has 1 fully saturated rings. The van der Waals surface area contributed by atoms with Crippen LogP contribution < -0.4 is 10.6 Å². The molecular formula is C11H17F3N2O3. The van der Waals surface area contributed by atoms with Crippen molar-refractivity contribution in [2.45, 2.75) is 37.9 Å². The van der Waals surface area contributed by atoms with E-state index in [-0.39, 0.29) is 17.9 Å². The predicted molar refractivity (Wildman–Crippen MR) is 60.4 cm³/mol. The van der Waals surface area contributed by atoms with Crippen LogP contribution in [-0.4, -0.2) is 37.9 Å². The smallest absolute Gasteiger partial charge is 0.405 e. The minimum absolute atomic E-state index is 0.179. The summed E-state index contributed by atoms with van der Waals surface area (Å²) in [5.74, 6) is -0.457. The van der Waals surface area contributed by atoms with Crippen LogP contribution in [0.5, 0.6) is 0 Å². The van der Waals surface area contributed by atoms with E-state index >= 15 is 0 Å². The standard InChI is InChI=1S/C11H17F3N2O3/c1-19-9(17)7-2-4-8(5-3-7)16-10(18)15-6-11(12,13)14/h7-8H,2-6H2,1H3,(H2,15,16,18). The van der Waals surface area contributed by atoms with Crippen molar-refractivity contribution < 1.29 is 27.5 Å². The zero-order valence-electron chi connectivity index (χ0n) is 10.5. The molecule has 110 valence electrons. The van der Waals surface area contributed by atoms with Crippen molar-refractivity contribution >= 4 is 12.0 Å². The highest BCUT2D eigenvalue weighted by molar-refractivity contribution is 5.74. The Kier molecular flexibility index (Phi) is 5.44. The van der Waals surface area contributed by atoms with Crippen molar-refractivity contribution in [2.24, 2.45) is 5.92 Å². The summed E-state index contributed by atoms with van der Waals surface area (Å²) in [4.78, 5) is 22.5. The molecule has 0 aromatic carbocycles. The maximum atomic E-state index is 11.9. The summed E-state index contributed by atoms with van der Waals surface area (Å²) >= 11 is 0. The molecule has 1 saturated carbocycles. The van der Waals surface area contributed by atoms with Gasteiger partial charge in [-0.3, -0.25) is 4.79 Å². The van der Waals surface area contributed by atoms with E-state index in [1.165, 1.54) is 7.11 Å². The molecule has 19 heavy (non-hydrogen) atoms. The second-order valence-electron chi connectivity index (χ2n) is 4.51. The molecule has 0 aromatic rings. The highest BCUT2D eigenvalue weighted by atomic mass is 19.4. The molecule has 0 unspecified atom stereocenters. The number of halogens is 3. The average molecular weight is 282 g/mol. The minimum atomic E-state index is -4.42. The lowest BCUT2D eigenvalue weighted by molar-refractivity contribution is -0.146. The number of ether oxygens (including phenoxy) is 1. The van der Waals surface area contributed by atoms with Gasteiger partial charge in [-0.15, -0.1) is 0 Å².